The summed E-state index contributed by atoms with van der Waals surface area (Å²) in [5.74, 6) is 0.131. The molecule has 0 unspecified atom stereocenters. The highest BCUT2D eigenvalue weighted by atomic mass is 79.9. The Morgan fingerprint density at radius 2 is 2.14 bits per heavy atom. The van der Waals surface area contributed by atoms with Gasteiger partial charge in [0.1, 0.15) is 10.4 Å². The first-order valence-electron chi connectivity index (χ1n) is 9.09. The molecule has 3 aromatic rings. The van der Waals surface area contributed by atoms with Crippen molar-refractivity contribution in [1.82, 2.24) is 9.55 Å². The molecule has 29 heavy (non-hydrogen) atoms. The summed E-state index contributed by atoms with van der Waals surface area (Å²) in [6.07, 6.45) is 5.95. The van der Waals surface area contributed by atoms with E-state index >= 15 is 0 Å². The van der Waals surface area contributed by atoms with Gasteiger partial charge in [-0.05, 0) is 66.1 Å². The lowest BCUT2D eigenvalue weighted by molar-refractivity contribution is 0.0532. The van der Waals surface area contributed by atoms with Gasteiger partial charge >= 0.3 is 5.97 Å². The summed E-state index contributed by atoms with van der Waals surface area (Å²) in [5, 5.41) is 0. The van der Waals surface area contributed by atoms with Crippen LogP contribution in [0.4, 0.5) is 0 Å². The van der Waals surface area contributed by atoms with Crippen molar-refractivity contribution in [3.63, 3.8) is 0 Å². The van der Waals surface area contributed by atoms with E-state index in [1.165, 1.54) is 30.7 Å². The summed E-state index contributed by atoms with van der Waals surface area (Å²) in [7, 11) is -3.82. The van der Waals surface area contributed by atoms with Gasteiger partial charge in [0, 0.05) is 11.0 Å². The van der Waals surface area contributed by atoms with E-state index in [2.05, 4.69) is 20.9 Å². The van der Waals surface area contributed by atoms with Gasteiger partial charge in [0.25, 0.3) is 0 Å². The molecule has 0 atom stereocenters. The molecule has 1 fully saturated rings. The normalized spacial score (nSPS) is 14.4. The van der Waals surface area contributed by atoms with Crippen LogP contribution < -0.4 is 0 Å². The highest BCUT2D eigenvalue weighted by Crippen LogP contribution is 2.39. The van der Waals surface area contributed by atoms with Crippen molar-refractivity contribution in [2.45, 2.75) is 40.3 Å². The molecule has 0 radical (unpaired) electrons. The zero-order valence-electron chi connectivity index (χ0n) is 15.8. The van der Waals surface area contributed by atoms with Crippen LogP contribution in [0.3, 0.4) is 0 Å². The van der Waals surface area contributed by atoms with Gasteiger partial charge in [-0.2, -0.15) is 0 Å². The number of halogens is 1. The van der Waals surface area contributed by atoms with E-state index in [0.29, 0.717) is 14.6 Å². The van der Waals surface area contributed by atoms with E-state index in [-0.39, 0.29) is 21.3 Å². The SMILES string of the molecule is CCOC(=O)c1cc(S(=O)(=O)c2cc(Br)c3ncn(CC4CC4)c3c2)c(SC)s1. The first kappa shape index (κ1) is 20.9. The van der Waals surface area contributed by atoms with E-state index in [0.717, 1.165) is 28.9 Å². The van der Waals surface area contributed by atoms with Gasteiger partial charge in [0.05, 0.1) is 32.5 Å². The topological polar surface area (TPSA) is 78.3 Å². The quantitative estimate of drug-likeness (QED) is 0.326. The summed E-state index contributed by atoms with van der Waals surface area (Å²) in [6.45, 7) is 2.80. The lowest BCUT2D eigenvalue weighted by Gasteiger charge is -2.08. The van der Waals surface area contributed by atoms with Gasteiger partial charge in [0.2, 0.25) is 9.84 Å². The molecule has 2 aromatic heterocycles. The minimum Gasteiger partial charge on any atom is -0.462 e. The lowest BCUT2D eigenvalue weighted by Crippen LogP contribution is -2.05. The lowest BCUT2D eigenvalue weighted by atomic mass is 10.3. The number of carbonyl (C=O) groups is 1. The van der Waals surface area contributed by atoms with E-state index in [1.54, 1.807) is 31.6 Å². The Hall–Kier alpha value is -1.36. The second-order valence-corrected chi connectivity index (χ2v) is 11.7. The number of thiophene rings is 1. The molecule has 0 saturated heterocycles. The Kier molecular flexibility index (Phi) is 5.80. The summed E-state index contributed by atoms with van der Waals surface area (Å²) < 4.78 is 35.2. The van der Waals surface area contributed by atoms with Gasteiger partial charge in [-0.1, -0.05) is 0 Å². The van der Waals surface area contributed by atoms with E-state index < -0.39 is 15.8 Å². The largest absolute Gasteiger partial charge is 0.462 e. The summed E-state index contributed by atoms with van der Waals surface area (Å²) >= 11 is 5.92. The van der Waals surface area contributed by atoms with E-state index in [9.17, 15) is 13.2 Å². The molecule has 4 rings (SSSR count). The fourth-order valence-electron chi connectivity index (χ4n) is 3.09. The van der Waals surface area contributed by atoms with Crippen molar-refractivity contribution in [3.8, 4) is 0 Å². The maximum atomic E-state index is 13.5. The number of esters is 1. The molecule has 1 saturated carbocycles. The fourth-order valence-corrected chi connectivity index (χ4v) is 7.73. The molecule has 0 aliphatic heterocycles. The molecular weight excluding hydrogens is 496 g/mol. The maximum Gasteiger partial charge on any atom is 0.348 e. The Labute approximate surface area is 185 Å². The van der Waals surface area contributed by atoms with Crippen LogP contribution in [0.2, 0.25) is 0 Å². The highest BCUT2D eigenvalue weighted by Gasteiger charge is 2.28. The first-order valence-corrected chi connectivity index (χ1v) is 13.4. The molecule has 2 heterocycles. The van der Waals surface area contributed by atoms with Crippen LogP contribution in [-0.4, -0.2) is 36.8 Å². The number of hydrogen-bond acceptors (Lipinski definition) is 7. The van der Waals surface area contributed by atoms with Crippen LogP contribution in [0.15, 0.2) is 43.0 Å². The molecule has 0 spiro atoms. The molecule has 0 bridgehead atoms. The van der Waals surface area contributed by atoms with Gasteiger partial charge in [-0.15, -0.1) is 23.1 Å². The Morgan fingerprint density at radius 1 is 1.38 bits per heavy atom. The van der Waals surface area contributed by atoms with Crippen LogP contribution in [-0.2, 0) is 21.1 Å². The number of hydrogen-bond donors (Lipinski definition) is 0. The Bertz CT molecular complexity index is 1200. The first-order chi connectivity index (χ1) is 13.8. The standard InChI is InChI=1S/C19H19BrN2O4S3/c1-3-26-18(23)15-8-16(19(27-2)28-15)29(24,25)12-6-13(20)17-14(7-12)22(10-21-17)9-11-4-5-11/h6-8,10-11H,3-5,9H2,1-2H3. The number of benzene rings is 1. The summed E-state index contributed by atoms with van der Waals surface area (Å²) in [6, 6.07) is 4.68. The monoisotopic (exact) mass is 514 g/mol. The molecule has 0 amide bonds. The number of fused-ring (bicyclic) bond motifs is 1. The minimum absolute atomic E-state index is 0.137. The van der Waals surface area contributed by atoms with Crippen molar-refractivity contribution in [2.24, 2.45) is 5.92 Å². The van der Waals surface area contributed by atoms with E-state index in [1.807, 2.05) is 4.57 Å². The zero-order valence-corrected chi connectivity index (χ0v) is 19.9. The van der Waals surface area contributed by atoms with Crippen LogP contribution >= 0.6 is 39.0 Å². The van der Waals surface area contributed by atoms with Crippen molar-refractivity contribution >= 4 is 65.9 Å². The molecule has 10 heteroatoms. The van der Waals surface area contributed by atoms with Crippen LogP contribution in [0.5, 0.6) is 0 Å². The van der Waals surface area contributed by atoms with Gasteiger partial charge < -0.3 is 9.30 Å². The molecule has 1 aliphatic carbocycles. The molecule has 0 N–H and O–H groups in total. The van der Waals surface area contributed by atoms with Crippen molar-refractivity contribution in [3.05, 3.63) is 33.9 Å². The third kappa shape index (κ3) is 3.99. The minimum atomic E-state index is -3.82. The predicted molar refractivity (Wildman–Crippen MR) is 118 cm³/mol. The van der Waals surface area contributed by atoms with Crippen LogP contribution in [0.1, 0.15) is 29.4 Å². The molecule has 1 aliphatic rings. The maximum absolute atomic E-state index is 13.5. The Balaban J connectivity index is 1.81. The molecule has 1 aromatic carbocycles. The van der Waals surface area contributed by atoms with Gasteiger partial charge in [-0.3, -0.25) is 0 Å². The van der Waals surface area contributed by atoms with E-state index in [4.69, 9.17) is 4.74 Å². The third-order valence-electron chi connectivity index (χ3n) is 4.73. The smallest absolute Gasteiger partial charge is 0.348 e. The number of nitrogens with zero attached hydrogens (tertiary/aromatic N) is 2. The van der Waals surface area contributed by atoms with Crippen molar-refractivity contribution < 1.29 is 17.9 Å². The number of carbonyl (C=O) groups excluding carboxylic acids is 1. The summed E-state index contributed by atoms with van der Waals surface area (Å²) in [5.41, 5.74) is 1.53. The molecule has 154 valence electrons. The average Bonchev–Trinajstić information content (AvgIpc) is 3.23. The van der Waals surface area contributed by atoms with Gasteiger partial charge in [-0.25, -0.2) is 18.2 Å². The summed E-state index contributed by atoms with van der Waals surface area (Å²) in [4.78, 5) is 17.1. The number of thioether (sulfide) groups is 1. The van der Waals surface area contributed by atoms with Crippen LogP contribution in [0, 0.1) is 5.92 Å². The fraction of sp³-hybridized carbons (Fsp3) is 0.368. The zero-order chi connectivity index (χ0) is 20.8. The van der Waals surface area contributed by atoms with Gasteiger partial charge in [0.15, 0.2) is 0 Å². The molecule has 6 nitrogen and oxygen atoms in total. The number of rotatable bonds is 7. The van der Waals surface area contributed by atoms with Crippen molar-refractivity contribution in [2.75, 3.05) is 12.9 Å². The number of imidazole rings is 1. The van der Waals surface area contributed by atoms with Crippen molar-refractivity contribution in [1.29, 1.82) is 0 Å². The number of ether oxygens (including phenoxy) is 1. The third-order valence-corrected chi connectivity index (χ3v) is 9.60. The Morgan fingerprint density at radius 3 is 2.79 bits per heavy atom. The molecular formula is C19H19BrN2O4S3. The average molecular weight is 515 g/mol. The predicted octanol–water partition coefficient (Wildman–Crippen LogP) is 5.00. The second-order valence-electron chi connectivity index (χ2n) is 6.80. The second kappa shape index (κ2) is 8.05. The van der Waals surface area contributed by atoms with Crippen LogP contribution in [0.25, 0.3) is 11.0 Å². The number of aromatic nitrogens is 2. The number of sulfone groups is 1. The highest BCUT2D eigenvalue weighted by molar-refractivity contribution is 9.10.